The van der Waals surface area contributed by atoms with Crippen molar-refractivity contribution in [2.24, 2.45) is 4.99 Å². The van der Waals surface area contributed by atoms with Crippen molar-refractivity contribution in [3.63, 3.8) is 0 Å². The summed E-state index contributed by atoms with van der Waals surface area (Å²) in [5.41, 5.74) is 1.24. The Balaban J connectivity index is 0.00000625. The van der Waals surface area contributed by atoms with Crippen LogP contribution >= 0.6 is 24.0 Å². The highest BCUT2D eigenvalue weighted by Gasteiger charge is 2.07. The van der Waals surface area contributed by atoms with Crippen LogP contribution in [0.2, 0.25) is 0 Å². The van der Waals surface area contributed by atoms with E-state index in [-0.39, 0.29) is 24.0 Å². The molecule has 0 radical (unpaired) electrons. The Morgan fingerprint density at radius 1 is 1.15 bits per heavy atom. The summed E-state index contributed by atoms with van der Waals surface area (Å²) in [4.78, 5) is 9.33. The molecule has 26 heavy (non-hydrogen) atoms. The molecule has 5 nitrogen and oxygen atoms in total. The largest absolute Gasteiger partial charge is 0.497 e. The van der Waals surface area contributed by atoms with E-state index in [1.54, 1.807) is 7.11 Å². The number of halogens is 1. The molecule has 1 N–H and O–H groups in total. The van der Waals surface area contributed by atoms with Crippen molar-refractivity contribution >= 4 is 29.9 Å². The lowest BCUT2D eigenvalue weighted by Gasteiger charge is -2.22. The first-order chi connectivity index (χ1) is 12.0. The molecule has 0 amide bonds. The van der Waals surface area contributed by atoms with Gasteiger partial charge >= 0.3 is 0 Å². The molecule has 0 heterocycles. The molecule has 1 aromatic rings. The summed E-state index contributed by atoms with van der Waals surface area (Å²) in [7, 11) is 5.95. The Morgan fingerprint density at radius 2 is 1.81 bits per heavy atom. The van der Waals surface area contributed by atoms with Crippen molar-refractivity contribution in [2.75, 3.05) is 40.8 Å². The van der Waals surface area contributed by atoms with Crippen LogP contribution in [0.15, 0.2) is 29.3 Å². The van der Waals surface area contributed by atoms with Gasteiger partial charge < -0.3 is 19.9 Å². The zero-order chi connectivity index (χ0) is 18.7. The summed E-state index contributed by atoms with van der Waals surface area (Å²) in [6, 6.07) is 8.80. The molecule has 1 rings (SSSR count). The first-order valence-corrected chi connectivity index (χ1v) is 9.30. The lowest BCUT2D eigenvalue weighted by molar-refractivity contribution is 0.269. The molecular weight excluding hydrogens is 439 g/mol. The molecule has 0 saturated heterocycles. The van der Waals surface area contributed by atoms with E-state index in [0.29, 0.717) is 6.04 Å². The summed E-state index contributed by atoms with van der Waals surface area (Å²) < 4.78 is 5.21. The van der Waals surface area contributed by atoms with Gasteiger partial charge in [-0.3, -0.25) is 4.99 Å². The van der Waals surface area contributed by atoms with E-state index in [1.807, 2.05) is 12.1 Å². The zero-order valence-corrected chi connectivity index (χ0v) is 19.6. The Kier molecular flexibility index (Phi) is 13.5. The molecule has 0 aliphatic carbocycles. The van der Waals surface area contributed by atoms with Crippen LogP contribution in [0.3, 0.4) is 0 Å². The third-order valence-electron chi connectivity index (χ3n) is 4.34. The van der Waals surface area contributed by atoms with E-state index in [1.165, 1.54) is 12.0 Å². The molecule has 0 aliphatic heterocycles. The number of hydrogen-bond acceptors (Lipinski definition) is 3. The van der Waals surface area contributed by atoms with Crippen molar-refractivity contribution in [2.45, 2.75) is 46.2 Å². The number of ether oxygens (including phenoxy) is 1. The second-order valence-corrected chi connectivity index (χ2v) is 6.72. The smallest absolute Gasteiger partial charge is 0.193 e. The fourth-order valence-electron chi connectivity index (χ4n) is 2.47. The van der Waals surface area contributed by atoms with Crippen molar-refractivity contribution in [3.05, 3.63) is 29.8 Å². The molecular formula is C20H37IN4O. The molecule has 0 bridgehead atoms. The monoisotopic (exact) mass is 476 g/mol. The maximum Gasteiger partial charge on any atom is 0.193 e. The number of methoxy groups -OCH3 is 1. The van der Waals surface area contributed by atoms with E-state index >= 15 is 0 Å². The van der Waals surface area contributed by atoms with Crippen LogP contribution in [0.1, 0.15) is 39.2 Å². The highest BCUT2D eigenvalue weighted by molar-refractivity contribution is 14.0. The molecule has 0 atom stereocenters. The Morgan fingerprint density at radius 3 is 2.35 bits per heavy atom. The van der Waals surface area contributed by atoms with Gasteiger partial charge in [-0.2, -0.15) is 0 Å². The van der Waals surface area contributed by atoms with Crippen molar-refractivity contribution in [1.29, 1.82) is 0 Å². The lowest BCUT2D eigenvalue weighted by atomic mass is 10.2. The van der Waals surface area contributed by atoms with Crippen LogP contribution in [0.5, 0.6) is 5.75 Å². The summed E-state index contributed by atoms with van der Waals surface area (Å²) in [5.74, 6) is 1.86. The summed E-state index contributed by atoms with van der Waals surface area (Å²) in [5, 5.41) is 3.38. The fourth-order valence-corrected chi connectivity index (χ4v) is 2.47. The first kappa shape index (κ1) is 25.0. The highest BCUT2D eigenvalue weighted by Crippen LogP contribution is 2.12. The summed E-state index contributed by atoms with van der Waals surface area (Å²) in [6.45, 7) is 10.3. The van der Waals surface area contributed by atoms with E-state index < -0.39 is 0 Å². The number of aliphatic imine (C=N–C) groups is 1. The minimum absolute atomic E-state index is 0. The molecule has 0 fully saturated rings. The van der Waals surface area contributed by atoms with E-state index in [0.717, 1.165) is 44.3 Å². The number of nitrogens with zero attached hydrogens (tertiary/aromatic N) is 3. The SMILES string of the molecule is CCNC(=NCCCCN(C)C(C)C)N(C)Cc1ccc(OC)cc1.I. The zero-order valence-electron chi connectivity index (χ0n) is 17.3. The fraction of sp³-hybridized carbons (Fsp3) is 0.650. The van der Waals surface area contributed by atoms with Gasteiger partial charge in [0.2, 0.25) is 0 Å². The predicted octanol–water partition coefficient (Wildman–Crippen LogP) is 3.83. The van der Waals surface area contributed by atoms with Crippen molar-refractivity contribution in [3.8, 4) is 5.75 Å². The maximum atomic E-state index is 5.21. The molecule has 0 unspecified atom stereocenters. The highest BCUT2D eigenvalue weighted by atomic mass is 127. The van der Waals surface area contributed by atoms with Gasteiger partial charge in [0, 0.05) is 32.7 Å². The second-order valence-electron chi connectivity index (χ2n) is 6.72. The van der Waals surface area contributed by atoms with E-state index in [2.05, 4.69) is 62.1 Å². The Labute approximate surface area is 177 Å². The quantitative estimate of drug-likeness (QED) is 0.241. The first-order valence-electron chi connectivity index (χ1n) is 9.30. The minimum Gasteiger partial charge on any atom is -0.497 e. The van der Waals surface area contributed by atoms with E-state index in [4.69, 9.17) is 9.73 Å². The van der Waals surface area contributed by atoms with Crippen LogP contribution in [-0.4, -0.2) is 62.6 Å². The van der Waals surface area contributed by atoms with Gasteiger partial charge in [0.25, 0.3) is 0 Å². The lowest BCUT2D eigenvalue weighted by Crippen LogP contribution is -2.38. The number of benzene rings is 1. The number of nitrogens with one attached hydrogen (secondary N) is 1. The standard InChI is InChI=1S/C20H36N4O.HI/c1-7-21-20(22-14-8-9-15-23(4)17(2)3)24(5)16-18-10-12-19(25-6)13-11-18;/h10-13,17H,7-9,14-16H2,1-6H3,(H,21,22);1H. The van der Waals surface area contributed by atoms with E-state index in [9.17, 15) is 0 Å². The average Bonchev–Trinajstić information content (AvgIpc) is 2.60. The van der Waals surface area contributed by atoms with Crippen LogP contribution in [0.25, 0.3) is 0 Å². The second kappa shape index (κ2) is 14.1. The maximum absolute atomic E-state index is 5.21. The van der Waals surface area contributed by atoms with Crippen LogP contribution in [-0.2, 0) is 6.54 Å². The normalized spacial score (nSPS) is 11.5. The molecule has 150 valence electrons. The number of unbranched alkanes of at least 4 members (excludes halogenated alkanes) is 1. The van der Waals surface area contributed by atoms with Gasteiger partial charge in [0.05, 0.1) is 7.11 Å². The molecule has 0 saturated carbocycles. The molecule has 1 aromatic carbocycles. The third kappa shape index (κ3) is 9.62. The summed E-state index contributed by atoms with van der Waals surface area (Å²) >= 11 is 0. The van der Waals surface area contributed by atoms with Gasteiger partial charge in [0.15, 0.2) is 5.96 Å². The average molecular weight is 476 g/mol. The van der Waals surface area contributed by atoms with Crippen molar-refractivity contribution in [1.82, 2.24) is 15.1 Å². The predicted molar refractivity (Wildman–Crippen MR) is 123 cm³/mol. The van der Waals surface area contributed by atoms with Crippen LogP contribution in [0.4, 0.5) is 0 Å². The Bertz CT molecular complexity index is 505. The molecule has 0 aliphatic rings. The topological polar surface area (TPSA) is 40.1 Å². The van der Waals surface area contributed by atoms with Gasteiger partial charge in [-0.05, 0) is 64.9 Å². The molecule has 0 aromatic heterocycles. The molecule has 0 spiro atoms. The van der Waals surface area contributed by atoms with Gasteiger partial charge in [-0.1, -0.05) is 12.1 Å². The third-order valence-corrected chi connectivity index (χ3v) is 4.34. The van der Waals surface area contributed by atoms with Crippen LogP contribution in [0, 0.1) is 0 Å². The number of guanidine groups is 1. The molecule has 6 heteroatoms. The van der Waals surface area contributed by atoms with Crippen LogP contribution < -0.4 is 10.1 Å². The Hall–Kier alpha value is -1.02. The number of hydrogen-bond donors (Lipinski definition) is 1. The number of rotatable bonds is 10. The van der Waals surface area contributed by atoms with Gasteiger partial charge in [0.1, 0.15) is 5.75 Å². The van der Waals surface area contributed by atoms with Gasteiger partial charge in [-0.15, -0.1) is 24.0 Å². The minimum atomic E-state index is 0. The summed E-state index contributed by atoms with van der Waals surface area (Å²) in [6.07, 6.45) is 2.29. The van der Waals surface area contributed by atoms with Gasteiger partial charge in [-0.25, -0.2) is 0 Å². The van der Waals surface area contributed by atoms with Crippen molar-refractivity contribution < 1.29 is 4.74 Å².